The van der Waals surface area contributed by atoms with E-state index in [0.29, 0.717) is 5.75 Å². The third kappa shape index (κ3) is 3.34. The first kappa shape index (κ1) is 19.3. The Labute approximate surface area is 168 Å². The van der Waals surface area contributed by atoms with Crippen LogP contribution in [0.1, 0.15) is 52.1 Å². The Morgan fingerprint density at radius 2 is 1.72 bits per heavy atom. The van der Waals surface area contributed by atoms with Gasteiger partial charge < -0.3 is 14.6 Å². The van der Waals surface area contributed by atoms with Gasteiger partial charge in [0, 0.05) is 24.3 Å². The smallest absolute Gasteiger partial charge is 0.173 e. The summed E-state index contributed by atoms with van der Waals surface area (Å²) in [7, 11) is 1.58. The van der Waals surface area contributed by atoms with E-state index in [-0.39, 0.29) is 53.2 Å². The Balaban J connectivity index is 1.65. The topological polar surface area (TPSA) is 89.9 Å². The molecular formula is C23H22O6. The number of hydrogen-bond donors (Lipinski definition) is 1. The number of ether oxygens (including phenoxy) is 2. The first-order chi connectivity index (χ1) is 13.9. The Bertz CT molecular complexity index is 977. The molecule has 1 saturated carbocycles. The van der Waals surface area contributed by atoms with Gasteiger partial charge in [-0.3, -0.25) is 14.4 Å². The lowest BCUT2D eigenvalue weighted by atomic mass is 9.65. The summed E-state index contributed by atoms with van der Waals surface area (Å²) in [5.41, 5.74) is 1.10. The molecule has 2 aliphatic carbocycles. The molecule has 1 fully saturated rings. The van der Waals surface area contributed by atoms with Crippen LogP contribution in [0.2, 0.25) is 0 Å². The minimum absolute atomic E-state index is 0.0289. The highest BCUT2D eigenvalue weighted by Crippen LogP contribution is 2.43. The van der Waals surface area contributed by atoms with Crippen LogP contribution >= 0.6 is 0 Å². The second-order valence-electron chi connectivity index (χ2n) is 7.60. The maximum atomic E-state index is 13.2. The van der Waals surface area contributed by atoms with Crippen LogP contribution in [0.25, 0.3) is 0 Å². The molecule has 0 aliphatic heterocycles. The molecule has 2 aromatic rings. The number of benzene rings is 2. The van der Waals surface area contributed by atoms with Crippen molar-refractivity contribution in [1.82, 2.24) is 0 Å². The minimum Gasteiger partial charge on any atom is -0.507 e. The van der Waals surface area contributed by atoms with Crippen molar-refractivity contribution in [2.75, 3.05) is 7.11 Å². The van der Waals surface area contributed by atoms with Gasteiger partial charge in [-0.25, -0.2) is 0 Å². The van der Waals surface area contributed by atoms with E-state index >= 15 is 0 Å². The quantitative estimate of drug-likeness (QED) is 0.853. The van der Waals surface area contributed by atoms with Gasteiger partial charge in [-0.1, -0.05) is 24.3 Å². The van der Waals surface area contributed by atoms with Gasteiger partial charge in [-0.15, -0.1) is 0 Å². The van der Waals surface area contributed by atoms with Crippen LogP contribution in [0.4, 0.5) is 0 Å². The molecule has 2 aromatic carbocycles. The fraction of sp³-hybridized carbons (Fsp3) is 0.348. The minimum atomic E-state index is -0.776. The van der Waals surface area contributed by atoms with E-state index in [2.05, 4.69) is 0 Å². The van der Waals surface area contributed by atoms with Crippen LogP contribution in [-0.4, -0.2) is 35.7 Å². The Kier molecular flexibility index (Phi) is 4.96. The van der Waals surface area contributed by atoms with Crippen LogP contribution in [0.3, 0.4) is 0 Å². The number of methoxy groups -OCH3 is 1. The summed E-state index contributed by atoms with van der Waals surface area (Å²) in [6.45, 7) is 1.84. The molecule has 0 saturated heterocycles. The van der Waals surface area contributed by atoms with Crippen molar-refractivity contribution in [2.45, 2.75) is 32.0 Å². The molecule has 4 rings (SSSR count). The molecule has 0 bridgehead atoms. The van der Waals surface area contributed by atoms with E-state index < -0.39 is 17.9 Å². The van der Waals surface area contributed by atoms with Crippen molar-refractivity contribution in [3.05, 3.63) is 59.2 Å². The molecule has 0 heterocycles. The fourth-order valence-electron chi connectivity index (χ4n) is 4.39. The third-order valence-corrected chi connectivity index (χ3v) is 5.87. The first-order valence-electron chi connectivity index (χ1n) is 9.62. The molecule has 6 heteroatoms. The average molecular weight is 394 g/mol. The van der Waals surface area contributed by atoms with Gasteiger partial charge in [-0.2, -0.15) is 0 Å². The fourth-order valence-corrected chi connectivity index (χ4v) is 4.39. The standard InChI is InChI=1S/C23H22O6/c1-12(13-6-8-15(28-2)9-7-13)29-19-11-14(24)10-17-21(19)23(27)20-16(22(17)26)4-3-5-18(20)25/h3-9,12,17,19,21,25H,10-11H2,1-2H3/t12-,17-,19+,21+/m1/s1. The largest absolute Gasteiger partial charge is 0.507 e. The number of fused-ring (bicyclic) bond motifs is 2. The highest BCUT2D eigenvalue weighted by atomic mass is 16.5. The maximum Gasteiger partial charge on any atom is 0.173 e. The van der Waals surface area contributed by atoms with Crippen LogP contribution in [-0.2, 0) is 9.53 Å². The molecule has 0 radical (unpaired) electrons. The molecule has 2 aliphatic rings. The predicted octanol–water partition coefficient (Wildman–Crippen LogP) is 3.52. The molecule has 4 atom stereocenters. The van der Waals surface area contributed by atoms with Crippen molar-refractivity contribution in [3.8, 4) is 11.5 Å². The zero-order valence-electron chi connectivity index (χ0n) is 16.3. The second kappa shape index (κ2) is 7.44. The maximum absolute atomic E-state index is 13.2. The summed E-state index contributed by atoms with van der Waals surface area (Å²) in [5, 5.41) is 10.2. The lowest BCUT2D eigenvalue weighted by molar-refractivity contribution is -0.131. The molecule has 150 valence electrons. The number of carbonyl (C=O) groups is 3. The van der Waals surface area contributed by atoms with Gasteiger partial charge >= 0.3 is 0 Å². The molecule has 29 heavy (non-hydrogen) atoms. The number of rotatable bonds is 4. The van der Waals surface area contributed by atoms with Gasteiger partial charge in [-0.05, 0) is 30.7 Å². The molecule has 6 nitrogen and oxygen atoms in total. The number of ketones is 3. The van der Waals surface area contributed by atoms with Crippen molar-refractivity contribution >= 4 is 17.3 Å². The van der Waals surface area contributed by atoms with Crippen molar-refractivity contribution in [3.63, 3.8) is 0 Å². The lowest BCUT2D eigenvalue weighted by Crippen LogP contribution is -2.49. The normalized spacial score (nSPS) is 24.6. The van der Waals surface area contributed by atoms with Crippen LogP contribution in [0.15, 0.2) is 42.5 Å². The molecule has 0 unspecified atom stereocenters. The number of phenolic OH excluding ortho intramolecular Hbond substituents is 1. The number of hydrogen-bond acceptors (Lipinski definition) is 6. The second-order valence-corrected chi connectivity index (χ2v) is 7.60. The van der Waals surface area contributed by atoms with Gasteiger partial charge in [0.25, 0.3) is 0 Å². The monoisotopic (exact) mass is 394 g/mol. The molecule has 0 aromatic heterocycles. The van der Waals surface area contributed by atoms with E-state index in [0.717, 1.165) is 5.56 Å². The first-order valence-corrected chi connectivity index (χ1v) is 9.62. The highest BCUT2D eigenvalue weighted by Gasteiger charge is 2.51. The Hall–Kier alpha value is -2.99. The summed E-state index contributed by atoms with van der Waals surface area (Å²) in [6.07, 6.45) is -1.00. The number of carbonyl (C=O) groups excluding carboxylic acids is 3. The van der Waals surface area contributed by atoms with Crippen LogP contribution in [0, 0.1) is 11.8 Å². The number of aromatic hydroxyl groups is 1. The van der Waals surface area contributed by atoms with E-state index in [4.69, 9.17) is 9.47 Å². The van der Waals surface area contributed by atoms with E-state index in [1.807, 2.05) is 31.2 Å². The summed E-state index contributed by atoms with van der Waals surface area (Å²) < 4.78 is 11.3. The summed E-state index contributed by atoms with van der Waals surface area (Å²) >= 11 is 0. The van der Waals surface area contributed by atoms with Gasteiger partial charge in [0.05, 0.1) is 30.8 Å². The summed E-state index contributed by atoms with van der Waals surface area (Å²) in [5.74, 6) is -1.72. The number of phenols is 1. The average Bonchev–Trinajstić information content (AvgIpc) is 2.71. The van der Waals surface area contributed by atoms with Gasteiger partial charge in [0.1, 0.15) is 17.3 Å². The third-order valence-electron chi connectivity index (χ3n) is 5.87. The summed E-state index contributed by atoms with van der Waals surface area (Å²) in [4.78, 5) is 38.5. The van der Waals surface area contributed by atoms with Crippen LogP contribution in [0.5, 0.6) is 11.5 Å². The van der Waals surface area contributed by atoms with Crippen molar-refractivity contribution in [2.24, 2.45) is 11.8 Å². The zero-order valence-corrected chi connectivity index (χ0v) is 16.3. The Morgan fingerprint density at radius 1 is 1.00 bits per heavy atom. The number of Topliss-reactive ketones (excluding diaryl/α,β-unsaturated/α-hetero) is 3. The molecular weight excluding hydrogens is 372 g/mol. The van der Waals surface area contributed by atoms with Gasteiger partial charge in [0.2, 0.25) is 0 Å². The van der Waals surface area contributed by atoms with Gasteiger partial charge in [0.15, 0.2) is 11.6 Å². The zero-order chi connectivity index (χ0) is 20.7. The summed E-state index contributed by atoms with van der Waals surface area (Å²) in [6, 6.07) is 11.8. The van der Waals surface area contributed by atoms with Crippen molar-refractivity contribution in [1.29, 1.82) is 0 Å². The molecule has 0 spiro atoms. The lowest BCUT2D eigenvalue weighted by Gasteiger charge is -2.40. The SMILES string of the molecule is COc1ccc([C@@H](C)O[C@H]2CC(=O)C[C@H]3C(=O)c4cccc(O)c4C(=O)[C@H]23)cc1. The molecule has 0 amide bonds. The highest BCUT2D eigenvalue weighted by molar-refractivity contribution is 6.18. The Morgan fingerprint density at radius 3 is 2.41 bits per heavy atom. The molecule has 1 N–H and O–H groups in total. The van der Waals surface area contributed by atoms with E-state index in [1.54, 1.807) is 7.11 Å². The van der Waals surface area contributed by atoms with E-state index in [9.17, 15) is 19.5 Å². The predicted molar refractivity (Wildman–Crippen MR) is 104 cm³/mol. The van der Waals surface area contributed by atoms with Crippen LogP contribution < -0.4 is 4.74 Å². The van der Waals surface area contributed by atoms with E-state index in [1.165, 1.54) is 18.2 Å². The van der Waals surface area contributed by atoms with Crippen molar-refractivity contribution < 1.29 is 29.0 Å².